The molecule has 22 heavy (non-hydrogen) atoms. The molecule has 0 spiro atoms. The summed E-state index contributed by atoms with van der Waals surface area (Å²) in [6.07, 6.45) is -0.429. The molecule has 0 amide bonds. The lowest BCUT2D eigenvalue weighted by Gasteiger charge is -2.14. The van der Waals surface area contributed by atoms with E-state index in [1.165, 1.54) is 6.07 Å². The molecule has 3 nitrogen and oxygen atoms in total. The van der Waals surface area contributed by atoms with Gasteiger partial charge in [-0.1, -0.05) is 29.8 Å². The highest BCUT2D eigenvalue weighted by Crippen LogP contribution is 2.24. The maximum atomic E-state index is 13.6. The lowest BCUT2D eigenvalue weighted by Crippen LogP contribution is -2.24. The highest BCUT2D eigenvalue weighted by Gasteiger charge is 2.07. The molecule has 0 radical (unpaired) electrons. The molecule has 1 atom stereocenters. The minimum absolute atomic E-state index is 0.151. The Kier molecular flexibility index (Phi) is 6.19. The average Bonchev–Trinajstić information content (AvgIpc) is 2.47. The van der Waals surface area contributed by atoms with Gasteiger partial charge in [0.15, 0.2) is 0 Å². The normalized spacial score (nSPS) is 12.2. The van der Waals surface area contributed by atoms with Crippen molar-refractivity contribution in [1.82, 2.24) is 5.32 Å². The fourth-order valence-corrected chi connectivity index (χ4v) is 2.21. The predicted octanol–water partition coefficient (Wildman–Crippen LogP) is 3.53. The topological polar surface area (TPSA) is 41.5 Å². The van der Waals surface area contributed by atoms with Crippen LogP contribution in [0.15, 0.2) is 42.5 Å². The first-order valence-corrected chi connectivity index (χ1v) is 7.47. The molecule has 0 unspecified atom stereocenters. The minimum Gasteiger partial charge on any atom is -0.488 e. The van der Waals surface area contributed by atoms with E-state index in [2.05, 4.69) is 5.32 Å². The number of hydrogen-bond donors (Lipinski definition) is 2. The summed E-state index contributed by atoms with van der Waals surface area (Å²) in [6.45, 7) is 2.84. The maximum absolute atomic E-state index is 13.6. The van der Waals surface area contributed by atoms with Gasteiger partial charge in [-0.3, -0.25) is 0 Å². The second kappa shape index (κ2) is 8.13. The number of rotatable bonds is 7. The number of halogens is 2. The van der Waals surface area contributed by atoms with Crippen LogP contribution in [0.1, 0.15) is 18.1 Å². The first kappa shape index (κ1) is 16.7. The summed E-state index contributed by atoms with van der Waals surface area (Å²) < 4.78 is 19.3. The smallest absolute Gasteiger partial charge is 0.129 e. The lowest BCUT2D eigenvalue weighted by molar-refractivity contribution is 0.190. The molecule has 5 heteroatoms. The molecule has 0 aromatic heterocycles. The van der Waals surface area contributed by atoms with Crippen molar-refractivity contribution in [3.63, 3.8) is 0 Å². The fourth-order valence-electron chi connectivity index (χ4n) is 2.01. The molecular weight excluding hydrogens is 305 g/mol. The van der Waals surface area contributed by atoms with Gasteiger partial charge in [0.25, 0.3) is 0 Å². The molecule has 0 heterocycles. The van der Waals surface area contributed by atoms with Crippen molar-refractivity contribution in [2.45, 2.75) is 26.2 Å². The summed E-state index contributed by atoms with van der Waals surface area (Å²) in [5.74, 6) is 0.357. The number of aliphatic hydroxyl groups excluding tert-OH is 1. The van der Waals surface area contributed by atoms with Gasteiger partial charge in [0, 0.05) is 29.2 Å². The molecule has 0 fully saturated rings. The van der Waals surface area contributed by atoms with E-state index >= 15 is 0 Å². The van der Waals surface area contributed by atoms with Crippen molar-refractivity contribution in [2.24, 2.45) is 0 Å². The van der Waals surface area contributed by atoms with E-state index in [-0.39, 0.29) is 12.4 Å². The van der Waals surface area contributed by atoms with Gasteiger partial charge in [0.1, 0.15) is 18.2 Å². The second-order valence-electron chi connectivity index (χ2n) is 5.11. The Morgan fingerprint density at radius 2 is 2.00 bits per heavy atom. The first-order valence-electron chi connectivity index (χ1n) is 7.09. The molecule has 0 saturated carbocycles. The third kappa shape index (κ3) is 4.98. The lowest BCUT2D eigenvalue weighted by atomic mass is 10.2. The van der Waals surface area contributed by atoms with Crippen molar-refractivity contribution in [2.75, 3.05) is 6.54 Å². The van der Waals surface area contributed by atoms with Crippen LogP contribution in [0.4, 0.5) is 4.39 Å². The van der Waals surface area contributed by atoms with E-state index < -0.39 is 6.10 Å². The van der Waals surface area contributed by atoms with Crippen LogP contribution in [0.2, 0.25) is 5.02 Å². The van der Waals surface area contributed by atoms with E-state index in [0.717, 1.165) is 5.56 Å². The van der Waals surface area contributed by atoms with E-state index in [0.29, 0.717) is 29.4 Å². The van der Waals surface area contributed by atoms with Crippen LogP contribution in [0.3, 0.4) is 0 Å². The van der Waals surface area contributed by atoms with Crippen LogP contribution in [-0.2, 0) is 13.2 Å². The van der Waals surface area contributed by atoms with Crippen molar-refractivity contribution >= 4 is 11.6 Å². The van der Waals surface area contributed by atoms with Crippen molar-refractivity contribution in [1.29, 1.82) is 0 Å². The Labute approximate surface area is 134 Å². The standard InChI is InChI=1S/C17H19ClFNO2/c1-12(21)9-20-10-14-8-15(18)6-7-17(14)22-11-13-4-2-3-5-16(13)19/h2-8,12,20-21H,9-11H2,1H3/t12-/m0/s1. The van der Waals surface area contributed by atoms with Crippen LogP contribution in [0.25, 0.3) is 0 Å². The molecule has 0 saturated heterocycles. The van der Waals surface area contributed by atoms with Gasteiger partial charge in [0.2, 0.25) is 0 Å². The number of aliphatic hydroxyl groups is 1. The van der Waals surface area contributed by atoms with Gasteiger partial charge in [-0.2, -0.15) is 0 Å². The number of nitrogens with one attached hydrogen (secondary N) is 1. The summed E-state index contributed by atoms with van der Waals surface area (Å²) in [5, 5.41) is 13.0. The van der Waals surface area contributed by atoms with Crippen molar-refractivity contribution < 1.29 is 14.2 Å². The quantitative estimate of drug-likeness (QED) is 0.819. The predicted molar refractivity (Wildman–Crippen MR) is 85.6 cm³/mol. The number of ether oxygens (including phenoxy) is 1. The third-order valence-corrected chi connectivity index (χ3v) is 3.35. The zero-order valence-electron chi connectivity index (χ0n) is 12.4. The van der Waals surface area contributed by atoms with Crippen LogP contribution in [0, 0.1) is 5.82 Å². The molecule has 118 valence electrons. The second-order valence-corrected chi connectivity index (χ2v) is 5.55. The highest BCUT2D eigenvalue weighted by molar-refractivity contribution is 6.30. The minimum atomic E-state index is -0.429. The van der Waals surface area contributed by atoms with Gasteiger partial charge in [0.05, 0.1) is 6.10 Å². The Balaban J connectivity index is 2.05. The van der Waals surface area contributed by atoms with E-state index in [1.54, 1.807) is 43.3 Å². The van der Waals surface area contributed by atoms with Crippen molar-refractivity contribution in [3.8, 4) is 5.75 Å². The Bertz CT molecular complexity index is 619. The molecule has 2 aromatic carbocycles. The Morgan fingerprint density at radius 1 is 1.23 bits per heavy atom. The molecule has 0 bridgehead atoms. The van der Waals surface area contributed by atoms with Gasteiger partial charge < -0.3 is 15.2 Å². The SMILES string of the molecule is C[C@H](O)CNCc1cc(Cl)ccc1OCc1ccccc1F. The molecule has 2 N–H and O–H groups in total. The number of benzene rings is 2. The van der Waals surface area contributed by atoms with Crippen LogP contribution >= 0.6 is 11.6 Å². The van der Waals surface area contributed by atoms with Gasteiger partial charge in [-0.15, -0.1) is 0 Å². The average molecular weight is 324 g/mol. The van der Waals surface area contributed by atoms with Gasteiger partial charge in [-0.25, -0.2) is 4.39 Å². The van der Waals surface area contributed by atoms with Crippen LogP contribution in [0.5, 0.6) is 5.75 Å². The zero-order chi connectivity index (χ0) is 15.9. The summed E-state index contributed by atoms with van der Waals surface area (Å²) in [7, 11) is 0. The summed E-state index contributed by atoms with van der Waals surface area (Å²) in [5.41, 5.74) is 1.37. The first-order chi connectivity index (χ1) is 10.6. The monoisotopic (exact) mass is 323 g/mol. The largest absolute Gasteiger partial charge is 0.488 e. The summed E-state index contributed by atoms with van der Waals surface area (Å²) in [4.78, 5) is 0. The third-order valence-electron chi connectivity index (χ3n) is 3.12. The van der Waals surface area contributed by atoms with E-state index in [1.807, 2.05) is 0 Å². The Hall–Kier alpha value is -1.62. The molecule has 0 aliphatic heterocycles. The van der Waals surface area contributed by atoms with Crippen LogP contribution < -0.4 is 10.1 Å². The van der Waals surface area contributed by atoms with Gasteiger partial charge >= 0.3 is 0 Å². The summed E-state index contributed by atoms with van der Waals surface area (Å²) >= 11 is 6.01. The van der Waals surface area contributed by atoms with E-state index in [4.69, 9.17) is 16.3 Å². The van der Waals surface area contributed by atoms with E-state index in [9.17, 15) is 9.50 Å². The highest BCUT2D eigenvalue weighted by atomic mass is 35.5. The molecular formula is C17H19ClFNO2. The number of hydrogen-bond acceptors (Lipinski definition) is 3. The molecule has 2 aromatic rings. The zero-order valence-corrected chi connectivity index (χ0v) is 13.1. The summed E-state index contributed by atoms with van der Waals surface area (Å²) in [6, 6.07) is 11.8. The van der Waals surface area contributed by atoms with Crippen molar-refractivity contribution in [3.05, 3.63) is 64.4 Å². The molecule has 0 aliphatic rings. The molecule has 0 aliphatic carbocycles. The van der Waals surface area contributed by atoms with Gasteiger partial charge in [-0.05, 0) is 31.2 Å². The molecule has 2 rings (SSSR count). The Morgan fingerprint density at radius 3 is 2.73 bits per heavy atom. The fraction of sp³-hybridized carbons (Fsp3) is 0.294. The van der Waals surface area contributed by atoms with Crippen LogP contribution in [-0.4, -0.2) is 17.8 Å². The maximum Gasteiger partial charge on any atom is 0.129 e.